The van der Waals surface area contributed by atoms with Crippen LogP contribution in [0, 0.1) is 34.5 Å². The highest BCUT2D eigenvalue weighted by Gasteiger charge is 2.67. The second-order valence-corrected chi connectivity index (χ2v) is 12.7. The molecule has 0 amide bonds. The van der Waals surface area contributed by atoms with Gasteiger partial charge in [-0.25, -0.2) is 0 Å². The number of nitrogens with zero attached hydrogens (tertiary/aromatic N) is 1. The normalized spacial score (nSPS) is 45.6. The van der Waals surface area contributed by atoms with Gasteiger partial charge in [0.1, 0.15) is 11.7 Å². The van der Waals surface area contributed by atoms with E-state index in [0.29, 0.717) is 24.2 Å². The van der Waals surface area contributed by atoms with Gasteiger partial charge in [0, 0.05) is 31.5 Å². The number of hydrogen-bond acceptors (Lipinski definition) is 6. The van der Waals surface area contributed by atoms with Crippen molar-refractivity contribution in [2.75, 3.05) is 32.8 Å². The zero-order valence-corrected chi connectivity index (χ0v) is 22.2. The summed E-state index contributed by atoms with van der Waals surface area (Å²) in [6.07, 6.45) is 9.67. The highest BCUT2D eigenvalue weighted by Crippen LogP contribution is 2.68. The molecule has 5 rings (SSSR count). The minimum absolute atomic E-state index is 0.00812. The summed E-state index contributed by atoms with van der Waals surface area (Å²) in [6.45, 7) is 12.3. The largest absolute Gasteiger partial charge is 0.462 e. The molecule has 5 aliphatic rings. The number of esters is 1. The molecular formula is C29H45NO5. The molecular weight excluding hydrogens is 442 g/mol. The summed E-state index contributed by atoms with van der Waals surface area (Å²) in [5.74, 6) is 1.37. The third-order valence-electron chi connectivity index (χ3n) is 11.2. The van der Waals surface area contributed by atoms with Crippen LogP contribution in [0.15, 0.2) is 11.6 Å². The number of morpholine rings is 1. The minimum Gasteiger partial charge on any atom is -0.462 e. The van der Waals surface area contributed by atoms with Crippen LogP contribution in [0.5, 0.6) is 0 Å². The standard InChI is InChI=1S/C29H45NO5/c1-19-17-25-23-6-5-21-18-22(35-26(32)9-12-30-13-15-34-16-14-30)7-10-27(21,3)24(23)8-11-28(25,4)29(19,33)20(2)31/h5,19,22-25,33H,6-18H2,1-4H3. The Balaban J connectivity index is 1.24. The summed E-state index contributed by atoms with van der Waals surface area (Å²) in [6, 6.07) is 0. The van der Waals surface area contributed by atoms with Crippen LogP contribution in [-0.2, 0) is 19.1 Å². The molecule has 6 nitrogen and oxygen atoms in total. The van der Waals surface area contributed by atoms with E-state index >= 15 is 0 Å². The van der Waals surface area contributed by atoms with E-state index in [2.05, 4.69) is 31.7 Å². The second kappa shape index (κ2) is 9.25. The highest BCUT2D eigenvalue weighted by atomic mass is 16.5. The number of allylic oxidation sites excluding steroid dienone is 1. The summed E-state index contributed by atoms with van der Waals surface area (Å²) in [7, 11) is 0. The number of carbonyl (C=O) groups excluding carboxylic acids is 2. The molecule has 8 atom stereocenters. The molecule has 6 heteroatoms. The number of hydrogen-bond donors (Lipinski definition) is 1. The van der Waals surface area contributed by atoms with Crippen molar-refractivity contribution in [3.05, 3.63) is 11.6 Å². The molecule has 0 aromatic carbocycles. The van der Waals surface area contributed by atoms with E-state index in [4.69, 9.17) is 9.47 Å². The van der Waals surface area contributed by atoms with Gasteiger partial charge in [-0.3, -0.25) is 14.5 Å². The van der Waals surface area contributed by atoms with Crippen LogP contribution in [0.1, 0.15) is 79.1 Å². The van der Waals surface area contributed by atoms with Crippen molar-refractivity contribution in [1.29, 1.82) is 0 Å². The summed E-state index contributed by atoms with van der Waals surface area (Å²) in [5.41, 5.74) is 0.100. The van der Waals surface area contributed by atoms with Crippen molar-refractivity contribution in [3.63, 3.8) is 0 Å². The first kappa shape index (κ1) is 25.4. The molecule has 196 valence electrons. The lowest BCUT2D eigenvalue weighted by Crippen LogP contribution is -2.58. The van der Waals surface area contributed by atoms with Crippen LogP contribution in [0.2, 0.25) is 0 Å². The Morgan fingerprint density at radius 3 is 2.63 bits per heavy atom. The molecule has 35 heavy (non-hydrogen) atoms. The summed E-state index contributed by atoms with van der Waals surface area (Å²) in [5, 5.41) is 11.6. The molecule has 1 heterocycles. The van der Waals surface area contributed by atoms with Gasteiger partial charge in [0.05, 0.1) is 19.6 Å². The molecule has 4 aliphatic carbocycles. The maximum atomic E-state index is 12.6. The van der Waals surface area contributed by atoms with E-state index in [0.717, 1.165) is 77.8 Å². The summed E-state index contributed by atoms with van der Waals surface area (Å²) < 4.78 is 11.3. The zero-order chi connectivity index (χ0) is 25.0. The topological polar surface area (TPSA) is 76.1 Å². The molecule has 4 fully saturated rings. The fourth-order valence-electron chi connectivity index (χ4n) is 9.14. The van der Waals surface area contributed by atoms with Crippen molar-refractivity contribution in [3.8, 4) is 0 Å². The Morgan fingerprint density at radius 1 is 1.17 bits per heavy atom. The first-order valence-electron chi connectivity index (χ1n) is 14.0. The van der Waals surface area contributed by atoms with E-state index in [1.54, 1.807) is 6.92 Å². The SMILES string of the molecule is CC(=O)C1(O)C(C)CC2C3CC=C4CC(OC(=O)CCN5CCOCC5)CCC4(C)C3CCC21C. The van der Waals surface area contributed by atoms with Gasteiger partial charge in [-0.15, -0.1) is 0 Å². The molecule has 0 radical (unpaired) electrons. The Bertz CT molecular complexity index is 880. The maximum Gasteiger partial charge on any atom is 0.307 e. The predicted molar refractivity (Wildman–Crippen MR) is 134 cm³/mol. The number of ether oxygens (including phenoxy) is 2. The quantitative estimate of drug-likeness (QED) is 0.464. The zero-order valence-electron chi connectivity index (χ0n) is 22.2. The van der Waals surface area contributed by atoms with Gasteiger partial charge in [-0.05, 0) is 74.5 Å². The number of ketones is 1. The van der Waals surface area contributed by atoms with Crippen LogP contribution in [0.3, 0.4) is 0 Å². The van der Waals surface area contributed by atoms with Crippen molar-refractivity contribution < 1.29 is 24.2 Å². The lowest BCUT2D eigenvalue weighted by molar-refractivity contribution is -0.166. The first-order chi connectivity index (χ1) is 16.6. The number of fused-ring (bicyclic) bond motifs is 5. The monoisotopic (exact) mass is 487 g/mol. The minimum atomic E-state index is -1.19. The van der Waals surface area contributed by atoms with E-state index in [-0.39, 0.29) is 34.6 Å². The fourth-order valence-corrected chi connectivity index (χ4v) is 9.14. The van der Waals surface area contributed by atoms with E-state index in [1.165, 1.54) is 5.57 Å². The van der Waals surface area contributed by atoms with Gasteiger partial charge in [0.25, 0.3) is 0 Å². The van der Waals surface area contributed by atoms with Crippen LogP contribution >= 0.6 is 0 Å². The number of carbonyl (C=O) groups is 2. The molecule has 1 aliphatic heterocycles. The van der Waals surface area contributed by atoms with E-state index < -0.39 is 5.60 Å². The highest BCUT2D eigenvalue weighted by molar-refractivity contribution is 5.86. The first-order valence-corrected chi connectivity index (χ1v) is 14.0. The summed E-state index contributed by atoms with van der Waals surface area (Å²) >= 11 is 0. The fraction of sp³-hybridized carbons (Fsp3) is 0.862. The van der Waals surface area contributed by atoms with Gasteiger partial charge < -0.3 is 14.6 Å². The van der Waals surface area contributed by atoms with Crippen molar-refractivity contribution in [1.82, 2.24) is 4.90 Å². The average Bonchev–Trinajstić information content (AvgIpc) is 3.05. The summed E-state index contributed by atoms with van der Waals surface area (Å²) in [4.78, 5) is 27.5. The lowest BCUT2D eigenvalue weighted by Gasteiger charge is -2.58. The lowest BCUT2D eigenvalue weighted by atomic mass is 9.46. The van der Waals surface area contributed by atoms with E-state index in [9.17, 15) is 14.7 Å². The van der Waals surface area contributed by atoms with Crippen LogP contribution in [0.25, 0.3) is 0 Å². The number of Topliss-reactive ketones (excluding diaryl/α,β-unsaturated/α-hetero) is 1. The van der Waals surface area contributed by atoms with Gasteiger partial charge in [0.15, 0.2) is 5.78 Å². The van der Waals surface area contributed by atoms with Crippen LogP contribution in [-0.4, -0.2) is 66.3 Å². The van der Waals surface area contributed by atoms with Gasteiger partial charge in [-0.2, -0.15) is 0 Å². The van der Waals surface area contributed by atoms with Crippen molar-refractivity contribution in [2.24, 2.45) is 34.5 Å². The van der Waals surface area contributed by atoms with Crippen molar-refractivity contribution in [2.45, 2.75) is 90.8 Å². The second-order valence-electron chi connectivity index (χ2n) is 12.7. The van der Waals surface area contributed by atoms with Gasteiger partial charge in [0.2, 0.25) is 0 Å². The molecule has 0 aromatic heterocycles. The van der Waals surface area contributed by atoms with Gasteiger partial charge in [-0.1, -0.05) is 32.4 Å². The van der Waals surface area contributed by atoms with Gasteiger partial charge >= 0.3 is 5.97 Å². The Morgan fingerprint density at radius 2 is 1.91 bits per heavy atom. The molecule has 0 aromatic rings. The molecule has 1 saturated heterocycles. The number of aliphatic hydroxyl groups is 1. The van der Waals surface area contributed by atoms with Crippen molar-refractivity contribution >= 4 is 11.8 Å². The van der Waals surface area contributed by atoms with Crippen LogP contribution < -0.4 is 0 Å². The molecule has 0 bridgehead atoms. The third-order valence-corrected chi connectivity index (χ3v) is 11.2. The average molecular weight is 488 g/mol. The Kier molecular flexibility index (Phi) is 6.72. The molecule has 3 saturated carbocycles. The Hall–Kier alpha value is -1.24. The smallest absolute Gasteiger partial charge is 0.307 e. The van der Waals surface area contributed by atoms with E-state index in [1.807, 2.05) is 0 Å². The predicted octanol–water partition coefficient (Wildman–Crippen LogP) is 4.15. The maximum absolute atomic E-state index is 12.6. The molecule has 0 spiro atoms. The molecule has 1 N–H and O–H groups in total. The Labute approximate surface area is 210 Å². The molecule has 8 unspecified atom stereocenters. The third kappa shape index (κ3) is 4.02. The van der Waals surface area contributed by atoms with Crippen LogP contribution in [0.4, 0.5) is 0 Å². The number of rotatable bonds is 5.